The number of aryl methyl sites for hydroxylation is 1. The molecule has 1 atom stereocenters. The molecule has 0 spiro atoms. The van der Waals surface area contributed by atoms with Crippen molar-refractivity contribution >= 4 is 27.5 Å². The van der Waals surface area contributed by atoms with Gasteiger partial charge in [-0.1, -0.05) is 45.7 Å². The molecule has 0 aliphatic carbocycles. The SMILES string of the molecule is Cc1cc(Br)cc(C(N)Cc2cccc(Cl)c2F)c1. The first-order chi connectivity index (χ1) is 8.97. The van der Waals surface area contributed by atoms with E-state index in [2.05, 4.69) is 15.9 Å². The molecule has 0 heterocycles. The van der Waals surface area contributed by atoms with Crippen molar-refractivity contribution in [1.82, 2.24) is 0 Å². The van der Waals surface area contributed by atoms with Gasteiger partial charge in [-0.2, -0.15) is 0 Å². The Balaban J connectivity index is 2.25. The van der Waals surface area contributed by atoms with E-state index in [0.29, 0.717) is 12.0 Å². The zero-order valence-electron chi connectivity index (χ0n) is 10.5. The summed E-state index contributed by atoms with van der Waals surface area (Å²) in [6, 6.07) is 10.7. The quantitative estimate of drug-likeness (QED) is 0.852. The maximum absolute atomic E-state index is 13.8. The molecule has 2 N–H and O–H groups in total. The number of hydrogen-bond donors (Lipinski definition) is 1. The van der Waals surface area contributed by atoms with Gasteiger partial charge >= 0.3 is 0 Å². The van der Waals surface area contributed by atoms with Gasteiger partial charge in [-0.05, 0) is 48.2 Å². The zero-order chi connectivity index (χ0) is 14.0. The number of halogens is 3. The fourth-order valence-electron chi connectivity index (χ4n) is 2.04. The van der Waals surface area contributed by atoms with E-state index in [1.807, 2.05) is 25.1 Å². The first-order valence-electron chi connectivity index (χ1n) is 5.93. The molecule has 0 aromatic heterocycles. The Bertz CT molecular complexity index is 580. The van der Waals surface area contributed by atoms with Gasteiger partial charge in [-0.15, -0.1) is 0 Å². The van der Waals surface area contributed by atoms with Crippen LogP contribution in [0.5, 0.6) is 0 Å². The fourth-order valence-corrected chi connectivity index (χ4v) is 2.86. The van der Waals surface area contributed by atoms with Crippen LogP contribution < -0.4 is 5.73 Å². The van der Waals surface area contributed by atoms with Gasteiger partial charge in [0.15, 0.2) is 0 Å². The standard InChI is InChI=1S/C15H14BrClFN/c1-9-5-11(7-12(16)6-9)14(19)8-10-3-2-4-13(17)15(10)18/h2-7,14H,8,19H2,1H3. The molecule has 0 fully saturated rings. The van der Waals surface area contributed by atoms with E-state index in [0.717, 1.165) is 15.6 Å². The summed E-state index contributed by atoms with van der Waals surface area (Å²) in [7, 11) is 0. The highest BCUT2D eigenvalue weighted by Crippen LogP contribution is 2.25. The molecule has 0 aliphatic rings. The lowest BCUT2D eigenvalue weighted by Crippen LogP contribution is -2.14. The Morgan fingerprint density at radius 1 is 1.32 bits per heavy atom. The lowest BCUT2D eigenvalue weighted by atomic mass is 9.98. The van der Waals surface area contributed by atoms with Crippen LogP contribution in [0.2, 0.25) is 5.02 Å². The average molecular weight is 343 g/mol. The van der Waals surface area contributed by atoms with Crippen LogP contribution in [0.4, 0.5) is 4.39 Å². The van der Waals surface area contributed by atoms with Crippen molar-refractivity contribution in [3.8, 4) is 0 Å². The van der Waals surface area contributed by atoms with Gasteiger partial charge in [0.05, 0.1) is 5.02 Å². The molecule has 0 amide bonds. The van der Waals surface area contributed by atoms with E-state index in [4.69, 9.17) is 17.3 Å². The van der Waals surface area contributed by atoms with E-state index in [9.17, 15) is 4.39 Å². The minimum Gasteiger partial charge on any atom is -0.324 e. The van der Waals surface area contributed by atoms with E-state index in [-0.39, 0.29) is 16.9 Å². The van der Waals surface area contributed by atoms with E-state index in [1.165, 1.54) is 6.07 Å². The van der Waals surface area contributed by atoms with Crippen molar-refractivity contribution in [2.24, 2.45) is 5.73 Å². The molecule has 2 aromatic carbocycles. The van der Waals surface area contributed by atoms with Gasteiger partial charge in [-0.3, -0.25) is 0 Å². The number of nitrogens with two attached hydrogens (primary N) is 1. The maximum atomic E-state index is 13.8. The summed E-state index contributed by atoms with van der Waals surface area (Å²) in [5.74, 6) is -0.383. The first kappa shape index (κ1) is 14.5. The molecule has 2 rings (SSSR count). The summed E-state index contributed by atoms with van der Waals surface area (Å²) >= 11 is 9.21. The number of hydrogen-bond acceptors (Lipinski definition) is 1. The third-order valence-electron chi connectivity index (χ3n) is 2.96. The summed E-state index contributed by atoms with van der Waals surface area (Å²) in [4.78, 5) is 0. The molecule has 0 saturated heterocycles. The molecule has 1 nitrogen and oxygen atoms in total. The summed E-state index contributed by atoms with van der Waals surface area (Å²) in [6.07, 6.45) is 0.419. The molecule has 2 aromatic rings. The number of benzene rings is 2. The Morgan fingerprint density at radius 2 is 2.05 bits per heavy atom. The van der Waals surface area contributed by atoms with Crippen molar-refractivity contribution in [2.75, 3.05) is 0 Å². The van der Waals surface area contributed by atoms with E-state index in [1.54, 1.807) is 12.1 Å². The minimum absolute atomic E-state index is 0.134. The van der Waals surface area contributed by atoms with Gasteiger partial charge in [0.1, 0.15) is 5.82 Å². The summed E-state index contributed by atoms with van der Waals surface area (Å²) < 4.78 is 14.8. The monoisotopic (exact) mass is 341 g/mol. The van der Waals surface area contributed by atoms with Crippen molar-refractivity contribution in [1.29, 1.82) is 0 Å². The third-order valence-corrected chi connectivity index (χ3v) is 3.71. The van der Waals surface area contributed by atoms with Crippen LogP contribution in [0.3, 0.4) is 0 Å². The molecular weight excluding hydrogens is 329 g/mol. The highest BCUT2D eigenvalue weighted by atomic mass is 79.9. The van der Waals surface area contributed by atoms with Gasteiger partial charge < -0.3 is 5.73 Å². The summed E-state index contributed by atoms with van der Waals surface area (Å²) in [5.41, 5.74) is 8.79. The van der Waals surface area contributed by atoms with Crippen molar-refractivity contribution in [3.63, 3.8) is 0 Å². The molecule has 100 valence electrons. The highest BCUT2D eigenvalue weighted by molar-refractivity contribution is 9.10. The lowest BCUT2D eigenvalue weighted by molar-refractivity contribution is 0.593. The van der Waals surface area contributed by atoms with Crippen molar-refractivity contribution < 1.29 is 4.39 Å². The summed E-state index contributed by atoms with van der Waals surface area (Å²) in [5, 5.41) is 0.134. The van der Waals surface area contributed by atoms with Gasteiger partial charge in [-0.25, -0.2) is 4.39 Å². The molecule has 4 heteroatoms. The van der Waals surface area contributed by atoms with Crippen LogP contribution in [0.15, 0.2) is 40.9 Å². The molecule has 0 bridgehead atoms. The van der Waals surface area contributed by atoms with Gasteiger partial charge in [0.2, 0.25) is 0 Å². The van der Waals surface area contributed by atoms with E-state index < -0.39 is 0 Å². The average Bonchev–Trinajstić information content (AvgIpc) is 2.33. The maximum Gasteiger partial charge on any atom is 0.145 e. The first-order valence-corrected chi connectivity index (χ1v) is 7.10. The van der Waals surface area contributed by atoms with Crippen LogP contribution in [-0.2, 0) is 6.42 Å². The molecule has 19 heavy (non-hydrogen) atoms. The Hall–Kier alpha value is -0.900. The van der Waals surface area contributed by atoms with Crippen molar-refractivity contribution in [3.05, 3.63) is 68.4 Å². The molecule has 0 aliphatic heterocycles. The number of rotatable bonds is 3. The fraction of sp³-hybridized carbons (Fsp3) is 0.200. The topological polar surface area (TPSA) is 26.0 Å². The third kappa shape index (κ3) is 3.56. The predicted molar refractivity (Wildman–Crippen MR) is 80.9 cm³/mol. The lowest BCUT2D eigenvalue weighted by Gasteiger charge is -2.14. The van der Waals surface area contributed by atoms with Crippen LogP contribution in [0, 0.1) is 12.7 Å². The molecular formula is C15H14BrClFN. The van der Waals surface area contributed by atoms with Crippen LogP contribution in [-0.4, -0.2) is 0 Å². The van der Waals surface area contributed by atoms with Crippen LogP contribution in [0.1, 0.15) is 22.7 Å². The summed E-state index contributed by atoms with van der Waals surface area (Å²) in [6.45, 7) is 2.00. The van der Waals surface area contributed by atoms with Crippen molar-refractivity contribution in [2.45, 2.75) is 19.4 Å². The Morgan fingerprint density at radius 3 is 2.74 bits per heavy atom. The second-order valence-corrected chi connectivity index (χ2v) is 5.91. The molecule has 0 saturated carbocycles. The smallest absolute Gasteiger partial charge is 0.145 e. The van der Waals surface area contributed by atoms with Crippen LogP contribution >= 0.6 is 27.5 Å². The largest absolute Gasteiger partial charge is 0.324 e. The van der Waals surface area contributed by atoms with E-state index >= 15 is 0 Å². The Kier molecular flexibility index (Phi) is 4.61. The second-order valence-electron chi connectivity index (χ2n) is 4.59. The zero-order valence-corrected chi connectivity index (χ0v) is 12.8. The minimum atomic E-state index is -0.383. The van der Waals surface area contributed by atoms with Gasteiger partial charge in [0, 0.05) is 10.5 Å². The molecule has 1 unspecified atom stereocenters. The van der Waals surface area contributed by atoms with Crippen LogP contribution in [0.25, 0.3) is 0 Å². The highest BCUT2D eigenvalue weighted by Gasteiger charge is 2.13. The Labute approximate surface area is 125 Å². The predicted octanol–water partition coefficient (Wildman–Crippen LogP) is 4.79. The van der Waals surface area contributed by atoms with Gasteiger partial charge in [0.25, 0.3) is 0 Å². The normalized spacial score (nSPS) is 12.5. The molecule has 0 radical (unpaired) electrons. The second kappa shape index (κ2) is 6.04.